The van der Waals surface area contributed by atoms with Crippen LogP contribution in [0, 0.1) is 0 Å². The third kappa shape index (κ3) is 3.52. The second-order valence-electron chi connectivity index (χ2n) is 4.20. The fourth-order valence-electron chi connectivity index (χ4n) is 1.55. The van der Waals surface area contributed by atoms with Gasteiger partial charge in [0, 0.05) is 6.42 Å². The van der Waals surface area contributed by atoms with Gasteiger partial charge in [-0.15, -0.1) is 0 Å². The van der Waals surface area contributed by atoms with E-state index in [1.165, 1.54) is 0 Å². The molecule has 2 N–H and O–H groups in total. The molecule has 6 nitrogen and oxygen atoms in total. The predicted molar refractivity (Wildman–Crippen MR) is 61.5 cm³/mol. The molecule has 1 heterocycles. The van der Waals surface area contributed by atoms with Crippen molar-refractivity contribution in [1.29, 1.82) is 0 Å². The number of carboxylic acids is 1. The third-order valence-corrected chi connectivity index (χ3v) is 2.67. The minimum absolute atomic E-state index is 0.298. The SMILES string of the molecule is CCCC(C)(NCc1noc(CC)n1)C(=O)O. The maximum atomic E-state index is 11.2. The zero-order valence-electron chi connectivity index (χ0n) is 10.5. The van der Waals surface area contributed by atoms with E-state index < -0.39 is 11.5 Å². The van der Waals surface area contributed by atoms with Crippen molar-refractivity contribution in [2.24, 2.45) is 0 Å². The van der Waals surface area contributed by atoms with Crippen molar-refractivity contribution < 1.29 is 14.4 Å². The molecular weight excluding hydrogens is 222 g/mol. The van der Waals surface area contributed by atoms with Crippen molar-refractivity contribution in [3.8, 4) is 0 Å². The number of nitrogens with one attached hydrogen (secondary N) is 1. The minimum Gasteiger partial charge on any atom is -0.480 e. The molecule has 1 aromatic heterocycles. The van der Waals surface area contributed by atoms with Crippen LogP contribution in [0.15, 0.2) is 4.52 Å². The van der Waals surface area contributed by atoms with Crippen LogP contribution in [0.3, 0.4) is 0 Å². The van der Waals surface area contributed by atoms with E-state index in [9.17, 15) is 4.79 Å². The second-order valence-corrected chi connectivity index (χ2v) is 4.20. The highest BCUT2D eigenvalue weighted by Crippen LogP contribution is 2.13. The van der Waals surface area contributed by atoms with Gasteiger partial charge < -0.3 is 9.63 Å². The fourth-order valence-corrected chi connectivity index (χ4v) is 1.55. The Bertz CT molecular complexity index is 378. The molecule has 6 heteroatoms. The standard InChI is InChI=1S/C11H19N3O3/c1-4-6-11(3,10(15)16)12-7-8-13-9(5-2)17-14-8/h12H,4-7H2,1-3H3,(H,15,16). The lowest BCUT2D eigenvalue weighted by atomic mass is 9.96. The van der Waals surface area contributed by atoms with Gasteiger partial charge in [0.15, 0.2) is 5.82 Å². The summed E-state index contributed by atoms with van der Waals surface area (Å²) in [5.41, 5.74) is -0.943. The minimum atomic E-state index is -0.943. The first-order valence-corrected chi connectivity index (χ1v) is 5.81. The van der Waals surface area contributed by atoms with Gasteiger partial charge in [-0.1, -0.05) is 25.4 Å². The highest BCUT2D eigenvalue weighted by Gasteiger charge is 2.31. The van der Waals surface area contributed by atoms with E-state index >= 15 is 0 Å². The average Bonchev–Trinajstić information content (AvgIpc) is 2.74. The number of aromatic nitrogens is 2. The molecule has 0 amide bonds. The van der Waals surface area contributed by atoms with Gasteiger partial charge in [-0.2, -0.15) is 4.98 Å². The van der Waals surface area contributed by atoms with Crippen molar-refractivity contribution in [1.82, 2.24) is 15.5 Å². The molecule has 1 atom stereocenters. The van der Waals surface area contributed by atoms with E-state index in [-0.39, 0.29) is 0 Å². The number of rotatable bonds is 7. The van der Waals surface area contributed by atoms with Gasteiger partial charge >= 0.3 is 5.97 Å². The lowest BCUT2D eigenvalue weighted by Gasteiger charge is -2.24. The van der Waals surface area contributed by atoms with Crippen molar-refractivity contribution in [3.63, 3.8) is 0 Å². The van der Waals surface area contributed by atoms with Crippen molar-refractivity contribution in [3.05, 3.63) is 11.7 Å². The molecule has 17 heavy (non-hydrogen) atoms. The van der Waals surface area contributed by atoms with E-state index in [4.69, 9.17) is 9.63 Å². The topological polar surface area (TPSA) is 88.3 Å². The average molecular weight is 241 g/mol. The van der Waals surface area contributed by atoms with Crippen molar-refractivity contribution in [2.45, 2.75) is 52.1 Å². The molecule has 0 aromatic carbocycles. The highest BCUT2D eigenvalue weighted by molar-refractivity contribution is 5.78. The Labute approximate surface area is 100 Å². The molecule has 0 bridgehead atoms. The van der Waals surface area contributed by atoms with Crippen molar-refractivity contribution in [2.75, 3.05) is 0 Å². The van der Waals surface area contributed by atoms with Gasteiger partial charge in [0.1, 0.15) is 5.54 Å². The van der Waals surface area contributed by atoms with Gasteiger partial charge in [-0.25, -0.2) is 0 Å². The molecule has 0 saturated heterocycles. The monoisotopic (exact) mass is 241 g/mol. The maximum absolute atomic E-state index is 11.2. The van der Waals surface area contributed by atoms with Crippen LogP contribution in [-0.4, -0.2) is 26.8 Å². The largest absolute Gasteiger partial charge is 0.480 e. The smallest absolute Gasteiger partial charge is 0.323 e. The number of aryl methyl sites for hydroxylation is 1. The molecule has 1 unspecified atom stereocenters. The summed E-state index contributed by atoms with van der Waals surface area (Å²) in [7, 11) is 0. The Morgan fingerprint density at radius 3 is 2.71 bits per heavy atom. The molecule has 0 aliphatic carbocycles. The summed E-state index contributed by atoms with van der Waals surface area (Å²) in [6, 6.07) is 0. The first-order valence-electron chi connectivity index (χ1n) is 5.81. The first-order chi connectivity index (χ1) is 8.01. The Morgan fingerprint density at radius 1 is 1.53 bits per heavy atom. The summed E-state index contributed by atoms with van der Waals surface area (Å²) in [4.78, 5) is 15.3. The third-order valence-electron chi connectivity index (χ3n) is 2.67. The van der Waals surface area contributed by atoms with E-state index in [1.807, 2.05) is 13.8 Å². The normalized spacial score (nSPS) is 14.5. The molecule has 1 aromatic rings. The Morgan fingerprint density at radius 2 is 2.24 bits per heavy atom. The van der Waals surface area contributed by atoms with Crippen LogP contribution in [0.4, 0.5) is 0 Å². The maximum Gasteiger partial charge on any atom is 0.323 e. The van der Waals surface area contributed by atoms with E-state index in [1.54, 1.807) is 6.92 Å². The van der Waals surface area contributed by atoms with E-state index in [0.29, 0.717) is 31.1 Å². The predicted octanol–water partition coefficient (Wildman–Crippen LogP) is 1.36. The van der Waals surface area contributed by atoms with Crippen molar-refractivity contribution >= 4 is 5.97 Å². The van der Waals surface area contributed by atoms with Crippen LogP contribution in [0.5, 0.6) is 0 Å². The molecule has 0 aliphatic rings. The number of hydrogen-bond donors (Lipinski definition) is 2. The molecular formula is C11H19N3O3. The Hall–Kier alpha value is -1.43. The molecule has 1 rings (SSSR count). The molecule has 0 radical (unpaired) electrons. The molecule has 0 fully saturated rings. The van der Waals surface area contributed by atoms with Gasteiger partial charge in [0.2, 0.25) is 5.89 Å². The summed E-state index contributed by atoms with van der Waals surface area (Å²) < 4.78 is 4.95. The molecule has 96 valence electrons. The van der Waals surface area contributed by atoms with E-state index in [0.717, 1.165) is 6.42 Å². The fraction of sp³-hybridized carbons (Fsp3) is 0.727. The first kappa shape index (κ1) is 13.6. The number of nitrogens with zero attached hydrogens (tertiary/aromatic N) is 2. The summed E-state index contributed by atoms with van der Waals surface area (Å²) in [5.74, 6) is 0.193. The molecule has 0 spiro atoms. The van der Waals surface area contributed by atoms with Crippen LogP contribution in [-0.2, 0) is 17.8 Å². The zero-order valence-corrected chi connectivity index (χ0v) is 10.5. The Kier molecular flexibility index (Phi) is 4.62. The van der Waals surface area contributed by atoms with Crippen LogP contribution in [0.2, 0.25) is 0 Å². The van der Waals surface area contributed by atoms with Gasteiger partial charge in [0.05, 0.1) is 6.54 Å². The summed E-state index contributed by atoms with van der Waals surface area (Å²) >= 11 is 0. The number of hydrogen-bond acceptors (Lipinski definition) is 5. The molecule has 0 saturated carbocycles. The number of carbonyl (C=O) groups is 1. The van der Waals surface area contributed by atoms with Gasteiger partial charge in [0.25, 0.3) is 0 Å². The van der Waals surface area contributed by atoms with Crippen LogP contribution < -0.4 is 5.32 Å². The molecule has 0 aliphatic heterocycles. The van der Waals surface area contributed by atoms with Crippen LogP contribution in [0.1, 0.15) is 45.3 Å². The highest BCUT2D eigenvalue weighted by atomic mass is 16.5. The number of aliphatic carboxylic acids is 1. The Balaban J connectivity index is 2.60. The van der Waals surface area contributed by atoms with Crippen LogP contribution in [0.25, 0.3) is 0 Å². The number of carboxylic acid groups (broad SMARTS) is 1. The lowest BCUT2D eigenvalue weighted by molar-refractivity contribution is -0.144. The lowest BCUT2D eigenvalue weighted by Crippen LogP contribution is -2.49. The summed E-state index contributed by atoms with van der Waals surface area (Å²) in [6.07, 6.45) is 2.03. The summed E-state index contributed by atoms with van der Waals surface area (Å²) in [5, 5.41) is 15.9. The second kappa shape index (κ2) is 5.77. The van der Waals surface area contributed by atoms with Gasteiger partial charge in [-0.05, 0) is 13.3 Å². The van der Waals surface area contributed by atoms with E-state index in [2.05, 4.69) is 15.5 Å². The van der Waals surface area contributed by atoms with Gasteiger partial charge in [-0.3, -0.25) is 10.1 Å². The summed E-state index contributed by atoms with van der Waals surface area (Å²) in [6.45, 7) is 5.83. The zero-order chi connectivity index (χ0) is 12.9. The quantitative estimate of drug-likeness (QED) is 0.749. The van der Waals surface area contributed by atoms with Crippen LogP contribution >= 0.6 is 0 Å².